The van der Waals surface area contributed by atoms with Crippen LogP contribution in [0.5, 0.6) is 0 Å². The summed E-state index contributed by atoms with van der Waals surface area (Å²) in [4.78, 5) is 39.8. The third kappa shape index (κ3) is 50.2. The predicted molar refractivity (Wildman–Crippen MR) is 293 cm³/mol. The van der Waals surface area contributed by atoms with E-state index in [9.17, 15) is 19.0 Å². The second-order valence-corrected chi connectivity index (χ2v) is 21.5. The van der Waals surface area contributed by atoms with Crippen molar-refractivity contribution in [1.29, 1.82) is 0 Å². The molecule has 3 unspecified atom stereocenters. The molecule has 0 spiro atoms. The van der Waals surface area contributed by atoms with Gasteiger partial charge in [-0.3, -0.25) is 14.2 Å². The predicted octanol–water partition coefficient (Wildman–Crippen LogP) is 16.3. The van der Waals surface area contributed by atoms with Crippen LogP contribution in [0.4, 0.5) is 0 Å². The number of amides is 1. The molecule has 0 saturated heterocycles. The van der Waals surface area contributed by atoms with Gasteiger partial charge in [-0.2, -0.15) is 0 Å². The quantitative estimate of drug-likeness (QED) is 0.0212. The van der Waals surface area contributed by atoms with Gasteiger partial charge in [0.25, 0.3) is 7.82 Å². The third-order valence-electron chi connectivity index (χ3n) is 12.1. The normalized spacial score (nSPS) is 14.4. The fraction of sp³-hybridized carbons (Fsp3) is 0.763. The first-order chi connectivity index (χ1) is 33.4. The van der Waals surface area contributed by atoms with Gasteiger partial charge in [-0.1, -0.05) is 197 Å². The molecule has 1 N–H and O–H groups in total. The molecule has 69 heavy (non-hydrogen) atoms. The van der Waals surface area contributed by atoms with Crippen LogP contribution >= 0.6 is 7.82 Å². The highest BCUT2D eigenvalue weighted by Crippen LogP contribution is 2.38. The van der Waals surface area contributed by atoms with E-state index in [1.807, 2.05) is 33.3 Å². The Labute approximate surface area is 425 Å². The highest BCUT2D eigenvalue weighted by atomic mass is 31.2. The summed E-state index contributed by atoms with van der Waals surface area (Å²) >= 11 is 0. The Morgan fingerprint density at radius 1 is 0.507 bits per heavy atom. The maximum Gasteiger partial charge on any atom is 0.306 e. The Balaban J connectivity index is 5.40. The molecule has 0 aromatic rings. The molecule has 0 fully saturated rings. The van der Waals surface area contributed by atoms with Crippen molar-refractivity contribution in [2.45, 2.75) is 251 Å². The summed E-state index contributed by atoms with van der Waals surface area (Å²) < 4.78 is 30.1. The first-order valence-electron chi connectivity index (χ1n) is 28.2. The van der Waals surface area contributed by atoms with Gasteiger partial charge < -0.3 is 28.5 Å². The highest BCUT2D eigenvalue weighted by Gasteiger charge is 2.27. The number of carbonyl (C=O) groups excluding carboxylic acids is 2. The molecule has 0 aliphatic rings. The lowest BCUT2D eigenvalue weighted by molar-refractivity contribution is -0.870. The Morgan fingerprint density at radius 2 is 0.884 bits per heavy atom. The molecule has 1 amide bonds. The molecule has 0 aliphatic heterocycles. The van der Waals surface area contributed by atoms with Crippen LogP contribution in [-0.2, 0) is 27.9 Å². The molecule has 0 bridgehead atoms. The van der Waals surface area contributed by atoms with E-state index in [0.717, 1.165) is 83.5 Å². The number of hydrogen-bond donors (Lipinski definition) is 1. The summed E-state index contributed by atoms with van der Waals surface area (Å²) in [7, 11) is 1.15. The number of phosphoric acid groups is 1. The molecular formula is C59H107N2O7P. The van der Waals surface area contributed by atoms with E-state index in [1.54, 1.807) is 0 Å². The number of rotatable bonds is 50. The SMILES string of the molecule is CCCCC/C=C\C/C=C\C/C=C\C/C=C\CCCCCC(=O)OC(/C=C\CCCCCCCCCCC)C(COP(=O)([O-])OCC[N+](C)(C)C)NC(=O)CCCCC/C=C\CCCCCCCC. The average molecular weight is 987 g/mol. The van der Waals surface area contributed by atoms with Crippen LogP contribution in [0.15, 0.2) is 72.9 Å². The van der Waals surface area contributed by atoms with E-state index in [4.69, 9.17) is 13.8 Å². The molecule has 0 heterocycles. The Kier molecular flexibility index (Phi) is 47.2. The molecule has 3 atom stereocenters. The van der Waals surface area contributed by atoms with Crippen LogP contribution in [0, 0.1) is 0 Å². The number of quaternary nitrogens is 1. The fourth-order valence-electron chi connectivity index (χ4n) is 7.67. The van der Waals surface area contributed by atoms with Gasteiger partial charge >= 0.3 is 5.97 Å². The molecule has 10 heteroatoms. The third-order valence-corrected chi connectivity index (χ3v) is 13.1. The maximum atomic E-state index is 13.4. The van der Waals surface area contributed by atoms with Crippen molar-refractivity contribution in [2.24, 2.45) is 0 Å². The zero-order chi connectivity index (χ0) is 50.8. The summed E-state index contributed by atoms with van der Waals surface area (Å²) in [5.41, 5.74) is 0. The van der Waals surface area contributed by atoms with Gasteiger partial charge in [0.1, 0.15) is 19.3 Å². The molecule has 9 nitrogen and oxygen atoms in total. The van der Waals surface area contributed by atoms with E-state index in [0.29, 0.717) is 23.9 Å². The first-order valence-corrected chi connectivity index (χ1v) is 29.7. The summed E-state index contributed by atoms with van der Waals surface area (Å²) in [6.07, 6.45) is 61.5. The molecule has 0 aliphatic carbocycles. The van der Waals surface area contributed by atoms with Crippen LogP contribution < -0.4 is 10.2 Å². The number of ether oxygens (including phenoxy) is 1. The summed E-state index contributed by atoms with van der Waals surface area (Å²) in [6, 6.07) is -0.910. The molecule has 400 valence electrons. The molecule has 0 aromatic heterocycles. The molecular weight excluding hydrogens is 880 g/mol. The van der Waals surface area contributed by atoms with E-state index in [2.05, 4.69) is 86.8 Å². The fourth-order valence-corrected chi connectivity index (χ4v) is 8.40. The average Bonchev–Trinajstić information content (AvgIpc) is 3.31. The van der Waals surface area contributed by atoms with Crippen molar-refractivity contribution in [2.75, 3.05) is 40.9 Å². The van der Waals surface area contributed by atoms with Crippen molar-refractivity contribution >= 4 is 19.7 Å². The van der Waals surface area contributed by atoms with Gasteiger partial charge in [-0.15, -0.1) is 0 Å². The number of nitrogens with one attached hydrogen (secondary N) is 1. The van der Waals surface area contributed by atoms with Gasteiger partial charge in [0.15, 0.2) is 0 Å². The van der Waals surface area contributed by atoms with Crippen molar-refractivity contribution in [3.8, 4) is 0 Å². The minimum absolute atomic E-state index is 0.0327. The standard InChI is InChI=1S/C59H107N2O7P/c1-7-10-13-16-19-22-25-27-28-29-30-31-32-34-37-40-43-46-49-52-59(63)68-57(50-47-44-41-38-35-24-21-18-15-12-9-3)56(55-67-69(64,65)66-54-53-61(4,5)6)60-58(62)51-48-45-42-39-36-33-26-23-20-17-14-11-8-2/h19,22,27-28,30-31,33-34,36-37,47,50,56-57H,7-18,20-21,23-26,29,32,35,38-46,48-49,51-55H2,1-6H3,(H-,60,62,64,65)/b22-19-,28-27-,31-30-,36-33-,37-34-,50-47-. The van der Waals surface area contributed by atoms with Crippen LogP contribution in [-0.4, -0.2) is 69.4 Å². The Bertz CT molecular complexity index is 1420. The molecule has 0 saturated carbocycles. The first kappa shape index (κ1) is 66.5. The number of likely N-dealkylation sites (N-methyl/N-ethyl adjacent to an activating group) is 1. The number of esters is 1. The summed E-state index contributed by atoms with van der Waals surface area (Å²) in [6.45, 7) is 6.75. The number of phosphoric ester groups is 1. The summed E-state index contributed by atoms with van der Waals surface area (Å²) in [5, 5.41) is 2.99. The van der Waals surface area contributed by atoms with Gasteiger partial charge in [0.05, 0.1) is 33.8 Å². The van der Waals surface area contributed by atoms with Crippen molar-refractivity contribution in [3.63, 3.8) is 0 Å². The Hall–Kier alpha value is -2.55. The van der Waals surface area contributed by atoms with E-state index in [-0.39, 0.29) is 31.3 Å². The largest absolute Gasteiger partial charge is 0.756 e. The number of allylic oxidation sites excluding steroid dienone is 11. The van der Waals surface area contributed by atoms with E-state index >= 15 is 0 Å². The number of hydrogen-bond acceptors (Lipinski definition) is 7. The van der Waals surface area contributed by atoms with Crippen molar-refractivity contribution in [1.82, 2.24) is 5.32 Å². The lowest BCUT2D eigenvalue weighted by atomic mass is 10.1. The van der Waals surface area contributed by atoms with Crippen LogP contribution in [0.3, 0.4) is 0 Å². The Morgan fingerprint density at radius 3 is 1.36 bits per heavy atom. The lowest BCUT2D eigenvalue weighted by Crippen LogP contribution is -2.47. The molecule has 0 aromatic carbocycles. The van der Waals surface area contributed by atoms with Gasteiger partial charge in [-0.05, 0) is 102 Å². The van der Waals surface area contributed by atoms with E-state index in [1.165, 1.54) is 109 Å². The number of unbranched alkanes of at least 4 members (excludes halogenated alkanes) is 24. The van der Waals surface area contributed by atoms with Gasteiger partial charge in [-0.25, -0.2) is 0 Å². The monoisotopic (exact) mass is 987 g/mol. The van der Waals surface area contributed by atoms with Crippen LogP contribution in [0.25, 0.3) is 0 Å². The number of nitrogens with zero attached hydrogens (tertiary/aromatic N) is 1. The van der Waals surface area contributed by atoms with E-state index < -0.39 is 26.6 Å². The van der Waals surface area contributed by atoms with Crippen molar-refractivity contribution in [3.05, 3.63) is 72.9 Å². The second-order valence-electron chi connectivity index (χ2n) is 20.1. The molecule has 0 radical (unpaired) electrons. The van der Waals surface area contributed by atoms with Crippen molar-refractivity contribution < 1.29 is 37.3 Å². The maximum absolute atomic E-state index is 13.4. The number of carbonyl (C=O) groups is 2. The smallest absolute Gasteiger partial charge is 0.306 e. The molecule has 0 rings (SSSR count). The highest BCUT2D eigenvalue weighted by molar-refractivity contribution is 7.45. The second kappa shape index (κ2) is 49.0. The topological polar surface area (TPSA) is 114 Å². The zero-order valence-electron chi connectivity index (χ0n) is 45.5. The lowest BCUT2D eigenvalue weighted by Gasteiger charge is -2.30. The minimum Gasteiger partial charge on any atom is -0.756 e. The van der Waals surface area contributed by atoms with Crippen LogP contribution in [0.2, 0.25) is 0 Å². The minimum atomic E-state index is -4.70. The summed E-state index contributed by atoms with van der Waals surface area (Å²) in [5.74, 6) is -0.599. The van der Waals surface area contributed by atoms with Crippen LogP contribution in [0.1, 0.15) is 239 Å². The van der Waals surface area contributed by atoms with Gasteiger partial charge in [0, 0.05) is 12.8 Å². The zero-order valence-corrected chi connectivity index (χ0v) is 46.4. The van der Waals surface area contributed by atoms with Gasteiger partial charge in [0.2, 0.25) is 5.91 Å².